The molecule has 1 aromatic rings. The SMILES string of the molecule is CCCC[C@H](NC1CC(c2cc(F)cc(F)c2)C1)C(=O)O. The molecule has 1 saturated carbocycles. The fourth-order valence-corrected chi connectivity index (χ4v) is 2.81. The van der Waals surface area contributed by atoms with Crippen molar-refractivity contribution in [3.05, 3.63) is 35.4 Å². The Kier molecular flexibility index (Phi) is 5.28. The van der Waals surface area contributed by atoms with Crippen LogP contribution in [0.4, 0.5) is 8.78 Å². The van der Waals surface area contributed by atoms with Crippen LogP contribution in [0.3, 0.4) is 0 Å². The monoisotopic (exact) mass is 297 g/mol. The van der Waals surface area contributed by atoms with E-state index >= 15 is 0 Å². The zero-order valence-corrected chi connectivity index (χ0v) is 12.1. The maximum absolute atomic E-state index is 13.2. The van der Waals surface area contributed by atoms with Crippen molar-refractivity contribution in [2.24, 2.45) is 0 Å². The number of halogens is 2. The van der Waals surface area contributed by atoms with Crippen molar-refractivity contribution in [2.45, 2.75) is 57.0 Å². The van der Waals surface area contributed by atoms with E-state index in [9.17, 15) is 13.6 Å². The average molecular weight is 297 g/mol. The zero-order valence-electron chi connectivity index (χ0n) is 12.1. The number of benzene rings is 1. The molecule has 2 rings (SSSR count). The Morgan fingerprint density at radius 2 is 1.95 bits per heavy atom. The molecule has 2 N–H and O–H groups in total. The van der Waals surface area contributed by atoms with E-state index in [2.05, 4.69) is 5.32 Å². The van der Waals surface area contributed by atoms with Crippen molar-refractivity contribution in [1.29, 1.82) is 0 Å². The molecule has 116 valence electrons. The van der Waals surface area contributed by atoms with Gasteiger partial charge in [-0.1, -0.05) is 19.8 Å². The van der Waals surface area contributed by atoms with Gasteiger partial charge in [0, 0.05) is 12.1 Å². The lowest BCUT2D eigenvalue weighted by molar-refractivity contribution is -0.140. The van der Waals surface area contributed by atoms with Gasteiger partial charge in [-0.15, -0.1) is 0 Å². The van der Waals surface area contributed by atoms with Gasteiger partial charge in [-0.3, -0.25) is 4.79 Å². The van der Waals surface area contributed by atoms with Crippen LogP contribution in [0, 0.1) is 11.6 Å². The van der Waals surface area contributed by atoms with E-state index in [1.54, 1.807) is 0 Å². The predicted molar refractivity (Wildman–Crippen MR) is 76.2 cm³/mol. The fourth-order valence-electron chi connectivity index (χ4n) is 2.81. The molecule has 1 aromatic carbocycles. The fraction of sp³-hybridized carbons (Fsp3) is 0.562. The molecule has 0 bridgehead atoms. The highest BCUT2D eigenvalue weighted by molar-refractivity contribution is 5.73. The lowest BCUT2D eigenvalue weighted by Crippen LogP contribution is -2.48. The van der Waals surface area contributed by atoms with Gasteiger partial charge in [-0.2, -0.15) is 0 Å². The van der Waals surface area contributed by atoms with E-state index in [-0.39, 0.29) is 12.0 Å². The van der Waals surface area contributed by atoms with E-state index in [1.807, 2.05) is 6.92 Å². The molecule has 5 heteroatoms. The summed E-state index contributed by atoms with van der Waals surface area (Å²) in [4.78, 5) is 11.2. The van der Waals surface area contributed by atoms with Crippen molar-refractivity contribution >= 4 is 5.97 Å². The molecule has 0 aliphatic heterocycles. The Bertz CT molecular complexity index is 481. The Labute approximate surface area is 123 Å². The molecular weight excluding hydrogens is 276 g/mol. The Hall–Kier alpha value is -1.49. The number of rotatable bonds is 7. The number of aliphatic carboxylic acids is 1. The number of hydrogen-bond donors (Lipinski definition) is 2. The van der Waals surface area contributed by atoms with Crippen LogP contribution >= 0.6 is 0 Å². The summed E-state index contributed by atoms with van der Waals surface area (Å²) in [6, 6.07) is 3.16. The van der Waals surface area contributed by atoms with Crippen molar-refractivity contribution in [1.82, 2.24) is 5.32 Å². The average Bonchev–Trinajstić information content (AvgIpc) is 2.34. The molecule has 0 aromatic heterocycles. The summed E-state index contributed by atoms with van der Waals surface area (Å²) in [5.41, 5.74) is 0.658. The van der Waals surface area contributed by atoms with Crippen LogP contribution in [0.25, 0.3) is 0 Å². The van der Waals surface area contributed by atoms with Gasteiger partial charge >= 0.3 is 5.97 Å². The van der Waals surface area contributed by atoms with E-state index in [0.717, 1.165) is 31.7 Å². The molecule has 0 saturated heterocycles. The van der Waals surface area contributed by atoms with Gasteiger partial charge < -0.3 is 10.4 Å². The third kappa shape index (κ3) is 4.24. The zero-order chi connectivity index (χ0) is 15.4. The van der Waals surface area contributed by atoms with E-state index < -0.39 is 23.6 Å². The van der Waals surface area contributed by atoms with Gasteiger partial charge in [0.2, 0.25) is 0 Å². The van der Waals surface area contributed by atoms with Crippen LogP contribution in [0.5, 0.6) is 0 Å². The first-order chi connectivity index (χ1) is 9.99. The highest BCUT2D eigenvalue weighted by atomic mass is 19.1. The summed E-state index contributed by atoms with van der Waals surface area (Å²) in [7, 11) is 0. The van der Waals surface area contributed by atoms with Gasteiger partial charge in [0.05, 0.1) is 0 Å². The summed E-state index contributed by atoms with van der Waals surface area (Å²) in [6.07, 6.45) is 3.88. The minimum Gasteiger partial charge on any atom is -0.480 e. The second-order valence-corrected chi connectivity index (χ2v) is 5.77. The molecule has 1 fully saturated rings. The van der Waals surface area contributed by atoms with Gasteiger partial charge in [-0.25, -0.2) is 8.78 Å². The molecular formula is C16H21F2NO2. The Morgan fingerprint density at radius 3 is 2.48 bits per heavy atom. The summed E-state index contributed by atoms with van der Waals surface area (Å²) < 4.78 is 26.3. The van der Waals surface area contributed by atoms with Crippen molar-refractivity contribution in [2.75, 3.05) is 0 Å². The second-order valence-electron chi connectivity index (χ2n) is 5.77. The van der Waals surface area contributed by atoms with E-state index in [0.29, 0.717) is 12.0 Å². The first-order valence-electron chi connectivity index (χ1n) is 7.44. The highest BCUT2D eigenvalue weighted by Gasteiger charge is 2.33. The first kappa shape index (κ1) is 15.9. The third-order valence-corrected chi connectivity index (χ3v) is 4.08. The molecule has 1 aliphatic rings. The first-order valence-corrected chi connectivity index (χ1v) is 7.44. The number of unbranched alkanes of at least 4 members (excludes halogenated alkanes) is 1. The lowest BCUT2D eigenvalue weighted by Gasteiger charge is -2.38. The van der Waals surface area contributed by atoms with E-state index in [1.165, 1.54) is 12.1 Å². The van der Waals surface area contributed by atoms with Crippen molar-refractivity contribution < 1.29 is 18.7 Å². The second kappa shape index (κ2) is 6.98. The molecule has 0 radical (unpaired) electrons. The van der Waals surface area contributed by atoms with Gasteiger partial charge in [0.1, 0.15) is 17.7 Å². The van der Waals surface area contributed by atoms with Gasteiger partial charge in [0.25, 0.3) is 0 Å². The third-order valence-electron chi connectivity index (χ3n) is 4.08. The number of carbonyl (C=O) groups is 1. The normalized spacial score (nSPS) is 22.6. The maximum Gasteiger partial charge on any atom is 0.320 e. The Balaban J connectivity index is 1.86. The predicted octanol–water partition coefficient (Wildman–Crippen LogP) is 3.44. The summed E-state index contributed by atoms with van der Waals surface area (Å²) >= 11 is 0. The lowest BCUT2D eigenvalue weighted by atomic mass is 9.75. The summed E-state index contributed by atoms with van der Waals surface area (Å²) in [5, 5.41) is 12.3. The summed E-state index contributed by atoms with van der Waals surface area (Å²) in [5.74, 6) is -1.85. The minimum atomic E-state index is -0.830. The number of carboxylic acid groups (broad SMARTS) is 1. The van der Waals surface area contributed by atoms with Crippen LogP contribution in [0.15, 0.2) is 18.2 Å². The number of hydrogen-bond acceptors (Lipinski definition) is 2. The smallest absolute Gasteiger partial charge is 0.320 e. The molecule has 21 heavy (non-hydrogen) atoms. The molecule has 0 heterocycles. The van der Waals surface area contributed by atoms with Gasteiger partial charge in [-0.05, 0) is 42.9 Å². The van der Waals surface area contributed by atoms with E-state index in [4.69, 9.17) is 5.11 Å². The topological polar surface area (TPSA) is 49.3 Å². The Morgan fingerprint density at radius 1 is 1.33 bits per heavy atom. The van der Waals surface area contributed by atoms with Crippen LogP contribution < -0.4 is 5.32 Å². The van der Waals surface area contributed by atoms with Crippen LogP contribution in [-0.2, 0) is 4.79 Å². The largest absolute Gasteiger partial charge is 0.480 e. The minimum absolute atomic E-state index is 0.105. The van der Waals surface area contributed by atoms with Crippen LogP contribution in [0.2, 0.25) is 0 Å². The highest BCUT2D eigenvalue weighted by Crippen LogP contribution is 2.37. The molecule has 0 spiro atoms. The molecule has 1 aliphatic carbocycles. The van der Waals surface area contributed by atoms with Crippen molar-refractivity contribution in [3.63, 3.8) is 0 Å². The van der Waals surface area contributed by atoms with Crippen LogP contribution in [0.1, 0.15) is 50.5 Å². The number of carboxylic acids is 1. The van der Waals surface area contributed by atoms with Crippen LogP contribution in [-0.4, -0.2) is 23.2 Å². The quantitative estimate of drug-likeness (QED) is 0.810. The standard InChI is InChI=1S/C16H21F2NO2/c1-2-3-4-15(16(20)21)19-14-7-11(8-14)10-5-12(17)9-13(18)6-10/h5-6,9,11,14-15,19H,2-4,7-8H2,1H3,(H,20,21)/t11?,14?,15-/m0/s1. The number of nitrogens with one attached hydrogen (secondary N) is 1. The maximum atomic E-state index is 13.2. The molecule has 0 amide bonds. The molecule has 3 nitrogen and oxygen atoms in total. The molecule has 1 atom stereocenters. The van der Waals surface area contributed by atoms with Gasteiger partial charge in [0.15, 0.2) is 0 Å². The van der Waals surface area contributed by atoms with Crippen molar-refractivity contribution in [3.8, 4) is 0 Å². The molecule has 0 unspecified atom stereocenters. The summed E-state index contributed by atoms with van der Waals surface area (Å²) in [6.45, 7) is 2.02.